The Bertz CT molecular complexity index is 425. The fraction of sp³-hybridized carbons (Fsp3) is 0.643. The first kappa shape index (κ1) is 13.8. The van der Waals surface area contributed by atoms with Gasteiger partial charge in [-0.2, -0.15) is 0 Å². The van der Waals surface area contributed by atoms with Crippen LogP contribution in [0.3, 0.4) is 0 Å². The Labute approximate surface area is 113 Å². The second kappa shape index (κ2) is 5.99. The van der Waals surface area contributed by atoms with Gasteiger partial charge in [-0.15, -0.1) is 0 Å². The van der Waals surface area contributed by atoms with Crippen molar-refractivity contribution in [1.29, 1.82) is 0 Å². The molecule has 19 heavy (non-hydrogen) atoms. The first-order chi connectivity index (χ1) is 9.11. The number of carboxylic acids is 1. The molecule has 1 aromatic rings. The van der Waals surface area contributed by atoms with Gasteiger partial charge >= 0.3 is 5.97 Å². The summed E-state index contributed by atoms with van der Waals surface area (Å²) in [5, 5.41) is 9.00. The number of nitrogens with zero attached hydrogens (tertiary/aromatic N) is 3. The summed E-state index contributed by atoms with van der Waals surface area (Å²) in [5.41, 5.74) is 1.13. The molecule has 1 aliphatic rings. The summed E-state index contributed by atoms with van der Waals surface area (Å²) in [6.07, 6.45) is 7.95. The van der Waals surface area contributed by atoms with E-state index >= 15 is 0 Å². The molecule has 1 fully saturated rings. The van der Waals surface area contributed by atoms with Crippen molar-refractivity contribution in [1.82, 2.24) is 9.97 Å². The maximum atomic E-state index is 10.9. The highest BCUT2D eigenvalue weighted by atomic mass is 16.4. The lowest BCUT2D eigenvalue weighted by molar-refractivity contribution is -0.142. The van der Waals surface area contributed by atoms with Crippen LogP contribution in [0.25, 0.3) is 0 Å². The van der Waals surface area contributed by atoms with Crippen LogP contribution in [-0.4, -0.2) is 34.1 Å². The fourth-order valence-electron chi connectivity index (χ4n) is 2.59. The van der Waals surface area contributed by atoms with Crippen molar-refractivity contribution < 1.29 is 9.90 Å². The average molecular weight is 263 g/mol. The third-order valence-electron chi connectivity index (χ3n) is 4.01. The van der Waals surface area contributed by atoms with E-state index in [0.29, 0.717) is 6.04 Å². The van der Waals surface area contributed by atoms with Crippen molar-refractivity contribution in [3.8, 4) is 0 Å². The first-order valence-electron chi connectivity index (χ1n) is 6.88. The van der Waals surface area contributed by atoms with Gasteiger partial charge in [-0.1, -0.05) is 6.92 Å². The van der Waals surface area contributed by atoms with Crippen molar-refractivity contribution in [2.24, 2.45) is 5.92 Å². The molecule has 1 N–H and O–H groups in total. The minimum Gasteiger partial charge on any atom is -0.481 e. The Morgan fingerprint density at radius 1 is 1.32 bits per heavy atom. The number of anilines is 1. The molecule has 0 aromatic carbocycles. The van der Waals surface area contributed by atoms with Crippen LogP contribution in [0.2, 0.25) is 0 Å². The van der Waals surface area contributed by atoms with Crippen molar-refractivity contribution >= 4 is 11.9 Å². The molecule has 0 atom stereocenters. The lowest BCUT2D eigenvalue weighted by Crippen LogP contribution is -2.37. The van der Waals surface area contributed by atoms with Crippen LogP contribution >= 0.6 is 0 Å². The Hall–Kier alpha value is -1.65. The number of carbonyl (C=O) groups is 1. The zero-order valence-corrected chi connectivity index (χ0v) is 11.5. The van der Waals surface area contributed by atoms with Gasteiger partial charge in [0.05, 0.1) is 5.92 Å². The maximum absolute atomic E-state index is 10.9. The molecule has 1 aliphatic carbocycles. The normalized spacial score (nSPS) is 23.1. The Morgan fingerprint density at radius 3 is 2.37 bits per heavy atom. The van der Waals surface area contributed by atoms with E-state index in [2.05, 4.69) is 21.8 Å². The molecule has 1 saturated carbocycles. The van der Waals surface area contributed by atoms with Crippen molar-refractivity contribution in [3.05, 3.63) is 18.0 Å². The quantitative estimate of drug-likeness (QED) is 0.901. The largest absolute Gasteiger partial charge is 0.481 e. The zero-order chi connectivity index (χ0) is 13.8. The van der Waals surface area contributed by atoms with E-state index < -0.39 is 5.97 Å². The van der Waals surface area contributed by atoms with E-state index in [4.69, 9.17) is 5.11 Å². The van der Waals surface area contributed by atoms with Gasteiger partial charge in [0.2, 0.25) is 5.95 Å². The first-order valence-corrected chi connectivity index (χ1v) is 6.88. The van der Waals surface area contributed by atoms with Crippen molar-refractivity contribution in [2.45, 2.75) is 45.1 Å². The molecule has 104 valence electrons. The van der Waals surface area contributed by atoms with Gasteiger partial charge < -0.3 is 10.0 Å². The third-order valence-corrected chi connectivity index (χ3v) is 4.01. The summed E-state index contributed by atoms with van der Waals surface area (Å²) in [7, 11) is 1.99. The number of rotatable bonds is 4. The molecule has 0 unspecified atom stereocenters. The van der Waals surface area contributed by atoms with Gasteiger partial charge in [-0.3, -0.25) is 4.79 Å². The molecule has 1 aromatic heterocycles. The molecular weight excluding hydrogens is 242 g/mol. The molecule has 0 saturated heterocycles. The van der Waals surface area contributed by atoms with Gasteiger partial charge in [-0.25, -0.2) is 9.97 Å². The van der Waals surface area contributed by atoms with E-state index in [1.165, 1.54) is 0 Å². The smallest absolute Gasteiger partial charge is 0.306 e. The monoisotopic (exact) mass is 263 g/mol. The lowest BCUT2D eigenvalue weighted by Gasteiger charge is -2.33. The van der Waals surface area contributed by atoms with Gasteiger partial charge in [-0.05, 0) is 37.7 Å². The molecule has 0 aliphatic heterocycles. The Balaban J connectivity index is 1.96. The predicted molar refractivity (Wildman–Crippen MR) is 73.2 cm³/mol. The Kier molecular flexibility index (Phi) is 4.35. The standard InChI is InChI=1S/C14H21N3O2/c1-3-10-8-15-14(16-9-10)17(2)12-6-4-11(5-7-12)13(18)19/h8-9,11-12H,3-7H2,1-2H3,(H,18,19). The van der Waals surface area contributed by atoms with Gasteiger partial charge in [0, 0.05) is 25.5 Å². The number of hydrogen-bond donors (Lipinski definition) is 1. The van der Waals surface area contributed by atoms with E-state index in [0.717, 1.165) is 43.6 Å². The lowest BCUT2D eigenvalue weighted by atomic mass is 9.85. The summed E-state index contributed by atoms with van der Waals surface area (Å²) in [6, 6.07) is 0.350. The number of aliphatic carboxylic acids is 1. The number of carboxylic acid groups (broad SMARTS) is 1. The van der Waals surface area contributed by atoms with Crippen molar-refractivity contribution in [2.75, 3.05) is 11.9 Å². The molecule has 1 heterocycles. The SMILES string of the molecule is CCc1cnc(N(C)C2CCC(C(=O)O)CC2)nc1. The highest BCUT2D eigenvalue weighted by Crippen LogP contribution is 2.28. The number of aromatic nitrogens is 2. The van der Waals surface area contributed by atoms with Crippen LogP contribution in [0.15, 0.2) is 12.4 Å². The molecule has 0 amide bonds. The maximum Gasteiger partial charge on any atom is 0.306 e. The summed E-state index contributed by atoms with van der Waals surface area (Å²) < 4.78 is 0. The molecule has 0 bridgehead atoms. The van der Waals surface area contributed by atoms with Crippen LogP contribution in [0.5, 0.6) is 0 Å². The van der Waals surface area contributed by atoms with Crippen LogP contribution in [0, 0.1) is 5.92 Å². The predicted octanol–water partition coefficient (Wildman–Crippen LogP) is 2.12. The van der Waals surface area contributed by atoms with E-state index in [9.17, 15) is 4.79 Å². The summed E-state index contributed by atoms with van der Waals surface area (Å²) in [4.78, 5) is 21.8. The summed E-state index contributed by atoms with van der Waals surface area (Å²) in [6.45, 7) is 2.08. The minimum absolute atomic E-state index is 0.173. The van der Waals surface area contributed by atoms with Gasteiger partial charge in [0.25, 0.3) is 0 Å². The average Bonchev–Trinajstić information content (AvgIpc) is 2.46. The Morgan fingerprint density at radius 2 is 1.89 bits per heavy atom. The highest BCUT2D eigenvalue weighted by molar-refractivity contribution is 5.70. The van der Waals surface area contributed by atoms with Crippen LogP contribution < -0.4 is 4.90 Å². The minimum atomic E-state index is -0.662. The molecule has 0 radical (unpaired) electrons. The van der Waals surface area contributed by atoms with Gasteiger partial charge in [0.1, 0.15) is 0 Å². The van der Waals surface area contributed by atoms with E-state index in [1.54, 1.807) is 0 Å². The van der Waals surface area contributed by atoms with E-state index in [1.807, 2.05) is 19.4 Å². The van der Waals surface area contributed by atoms with E-state index in [-0.39, 0.29) is 5.92 Å². The van der Waals surface area contributed by atoms with Crippen LogP contribution in [-0.2, 0) is 11.2 Å². The summed E-state index contributed by atoms with van der Waals surface area (Å²) >= 11 is 0. The molecule has 0 spiro atoms. The molecular formula is C14H21N3O2. The second-order valence-corrected chi connectivity index (χ2v) is 5.20. The van der Waals surface area contributed by atoms with Crippen molar-refractivity contribution in [3.63, 3.8) is 0 Å². The van der Waals surface area contributed by atoms with Crippen LogP contribution in [0.1, 0.15) is 38.2 Å². The topological polar surface area (TPSA) is 66.3 Å². The zero-order valence-electron chi connectivity index (χ0n) is 11.5. The van der Waals surface area contributed by atoms with Gasteiger partial charge in [0.15, 0.2) is 0 Å². The van der Waals surface area contributed by atoms with Crippen LogP contribution in [0.4, 0.5) is 5.95 Å². The third kappa shape index (κ3) is 3.22. The molecule has 5 nitrogen and oxygen atoms in total. The number of hydrogen-bond acceptors (Lipinski definition) is 4. The second-order valence-electron chi connectivity index (χ2n) is 5.20. The number of aryl methyl sites for hydroxylation is 1. The molecule has 5 heteroatoms. The molecule has 2 rings (SSSR count). The highest BCUT2D eigenvalue weighted by Gasteiger charge is 2.28. The summed E-state index contributed by atoms with van der Waals surface area (Å²) in [5.74, 6) is -0.103. The fourth-order valence-corrected chi connectivity index (χ4v) is 2.59.